The van der Waals surface area contributed by atoms with Crippen LogP contribution in [-0.4, -0.2) is 18.1 Å². The summed E-state index contributed by atoms with van der Waals surface area (Å²) in [5.41, 5.74) is 3.78. The third-order valence-corrected chi connectivity index (χ3v) is 3.46. The molecule has 0 radical (unpaired) electrons. The van der Waals surface area contributed by atoms with Gasteiger partial charge in [-0.25, -0.2) is 5.84 Å². The van der Waals surface area contributed by atoms with Crippen LogP contribution in [0, 0.1) is 5.92 Å². The highest BCUT2D eigenvalue weighted by molar-refractivity contribution is 5.24. The van der Waals surface area contributed by atoms with Gasteiger partial charge in [-0.1, -0.05) is 25.2 Å². The third-order valence-electron chi connectivity index (χ3n) is 3.46. The number of dihydropyridines is 1. The van der Waals surface area contributed by atoms with Crippen molar-refractivity contribution < 1.29 is 0 Å². The zero-order chi connectivity index (χ0) is 13.0. The van der Waals surface area contributed by atoms with Crippen LogP contribution in [0.25, 0.3) is 0 Å². The standard InChI is InChI=1S/C15H23N3/c1-12-3-7-15(8-4-12)18(16)10-9-14-6-5-13(2)17-11-14/h3,5-8,12,17H,4,9-11,16H2,1-2H3. The maximum absolute atomic E-state index is 6.09. The summed E-state index contributed by atoms with van der Waals surface area (Å²) in [4.78, 5) is 0. The maximum Gasteiger partial charge on any atom is 0.0474 e. The van der Waals surface area contributed by atoms with E-state index in [1.54, 1.807) is 0 Å². The summed E-state index contributed by atoms with van der Waals surface area (Å²) in [5, 5.41) is 5.20. The van der Waals surface area contributed by atoms with Crippen LogP contribution in [0.3, 0.4) is 0 Å². The maximum atomic E-state index is 6.09. The molecule has 1 heterocycles. The van der Waals surface area contributed by atoms with Crippen molar-refractivity contribution in [1.82, 2.24) is 10.3 Å². The van der Waals surface area contributed by atoms with Gasteiger partial charge in [0.1, 0.15) is 0 Å². The second kappa shape index (κ2) is 5.91. The predicted octanol–water partition coefficient (Wildman–Crippen LogP) is 2.47. The van der Waals surface area contributed by atoms with E-state index in [2.05, 4.69) is 49.5 Å². The molecule has 0 aromatic rings. The van der Waals surface area contributed by atoms with Crippen molar-refractivity contribution in [1.29, 1.82) is 0 Å². The summed E-state index contributed by atoms with van der Waals surface area (Å²) in [7, 11) is 0. The minimum atomic E-state index is 0.639. The molecule has 18 heavy (non-hydrogen) atoms. The molecule has 0 fully saturated rings. The van der Waals surface area contributed by atoms with Crippen LogP contribution >= 0.6 is 0 Å². The van der Waals surface area contributed by atoms with Crippen LogP contribution < -0.4 is 11.2 Å². The number of hydrogen-bond donors (Lipinski definition) is 2. The molecular formula is C15H23N3. The Kier molecular flexibility index (Phi) is 4.26. The van der Waals surface area contributed by atoms with Gasteiger partial charge in [-0.2, -0.15) is 0 Å². The van der Waals surface area contributed by atoms with Crippen molar-refractivity contribution >= 4 is 0 Å². The molecule has 1 aliphatic heterocycles. The predicted molar refractivity (Wildman–Crippen MR) is 76.4 cm³/mol. The molecule has 98 valence electrons. The lowest BCUT2D eigenvalue weighted by atomic mass is 10.0. The largest absolute Gasteiger partial charge is 0.385 e. The molecule has 0 saturated heterocycles. The minimum Gasteiger partial charge on any atom is -0.385 e. The Morgan fingerprint density at radius 2 is 2.28 bits per heavy atom. The topological polar surface area (TPSA) is 41.3 Å². The van der Waals surface area contributed by atoms with Crippen molar-refractivity contribution in [3.63, 3.8) is 0 Å². The van der Waals surface area contributed by atoms with Crippen LogP contribution in [0.1, 0.15) is 26.7 Å². The fourth-order valence-corrected chi connectivity index (χ4v) is 2.11. The zero-order valence-corrected chi connectivity index (χ0v) is 11.3. The van der Waals surface area contributed by atoms with Crippen LogP contribution in [-0.2, 0) is 0 Å². The van der Waals surface area contributed by atoms with Gasteiger partial charge in [-0.15, -0.1) is 0 Å². The van der Waals surface area contributed by atoms with E-state index in [-0.39, 0.29) is 0 Å². The van der Waals surface area contributed by atoms with Gasteiger partial charge < -0.3 is 10.3 Å². The molecule has 1 aliphatic carbocycles. The summed E-state index contributed by atoms with van der Waals surface area (Å²) in [6.07, 6.45) is 13.0. The zero-order valence-electron chi connectivity index (χ0n) is 11.3. The molecule has 3 heteroatoms. The van der Waals surface area contributed by atoms with Crippen LogP contribution in [0.15, 0.2) is 47.3 Å². The van der Waals surface area contributed by atoms with Crippen molar-refractivity contribution in [3.8, 4) is 0 Å². The molecule has 0 spiro atoms. The van der Waals surface area contributed by atoms with Gasteiger partial charge in [0.05, 0.1) is 0 Å². The van der Waals surface area contributed by atoms with E-state index in [1.165, 1.54) is 11.3 Å². The fraction of sp³-hybridized carbons (Fsp3) is 0.467. The monoisotopic (exact) mass is 245 g/mol. The van der Waals surface area contributed by atoms with Gasteiger partial charge in [0, 0.05) is 24.5 Å². The Morgan fingerprint density at radius 3 is 2.89 bits per heavy atom. The van der Waals surface area contributed by atoms with E-state index in [9.17, 15) is 0 Å². The first kappa shape index (κ1) is 13.0. The second-order valence-corrected chi connectivity index (χ2v) is 5.17. The Bertz CT molecular complexity index is 415. The summed E-state index contributed by atoms with van der Waals surface area (Å²) < 4.78 is 0. The lowest BCUT2D eigenvalue weighted by Gasteiger charge is -2.24. The quantitative estimate of drug-likeness (QED) is 0.590. The normalized spacial score (nSPS) is 22.8. The molecule has 0 bridgehead atoms. The Morgan fingerprint density at radius 1 is 1.44 bits per heavy atom. The molecular weight excluding hydrogens is 222 g/mol. The van der Waals surface area contributed by atoms with Gasteiger partial charge >= 0.3 is 0 Å². The first-order valence-electron chi connectivity index (χ1n) is 6.66. The summed E-state index contributed by atoms with van der Waals surface area (Å²) in [6, 6.07) is 0. The first-order valence-corrected chi connectivity index (χ1v) is 6.66. The SMILES string of the molecule is CC1=CC=C(CCN(N)C2=CCC(C)C=C2)CN1. The van der Waals surface area contributed by atoms with E-state index >= 15 is 0 Å². The van der Waals surface area contributed by atoms with Gasteiger partial charge in [0.2, 0.25) is 0 Å². The lowest BCUT2D eigenvalue weighted by Crippen LogP contribution is -2.32. The average molecular weight is 245 g/mol. The van der Waals surface area contributed by atoms with Crippen LogP contribution in [0.2, 0.25) is 0 Å². The van der Waals surface area contributed by atoms with Gasteiger partial charge in [-0.3, -0.25) is 0 Å². The summed E-state index contributed by atoms with van der Waals surface area (Å²) >= 11 is 0. The molecule has 1 atom stereocenters. The van der Waals surface area contributed by atoms with Crippen molar-refractivity contribution in [2.24, 2.45) is 11.8 Å². The van der Waals surface area contributed by atoms with Crippen molar-refractivity contribution in [3.05, 3.63) is 47.3 Å². The molecule has 3 N–H and O–H groups in total. The van der Waals surface area contributed by atoms with E-state index in [1.807, 2.05) is 5.01 Å². The summed E-state index contributed by atoms with van der Waals surface area (Å²) in [6.45, 7) is 6.12. The number of nitrogens with one attached hydrogen (secondary N) is 1. The molecule has 2 rings (SSSR count). The highest BCUT2D eigenvalue weighted by Gasteiger charge is 2.09. The van der Waals surface area contributed by atoms with E-state index in [4.69, 9.17) is 5.84 Å². The van der Waals surface area contributed by atoms with Crippen LogP contribution in [0.4, 0.5) is 0 Å². The number of allylic oxidation sites excluding steroid dienone is 6. The molecule has 0 aromatic heterocycles. The highest BCUT2D eigenvalue weighted by atomic mass is 15.4. The van der Waals surface area contributed by atoms with E-state index < -0.39 is 0 Å². The van der Waals surface area contributed by atoms with Gasteiger partial charge in [0.25, 0.3) is 0 Å². The van der Waals surface area contributed by atoms with Crippen molar-refractivity contribution in [2.75, 3.05) is 13.1 Å². The molecule has 2 aliphatic rings. The highest BCUT2D eigenvalue weighted by Crippen LogP contribution is 2.17. The minimum absolute atomic E-state index is 0.639. The molecule has 3 nitrogen and oxygen atoms in total. The smallest absolute Gasteiger partial charge is 0.0474 e. The van der Waals surface area contributed by atoms with E-state index in [0.29, 0.717) is 5.92 Å². The Hall–Kier alpha value is -1.48. The third kappa shape index (κ3) is 3.50. The van der Waals surface area contributed by atoms with Gasteiger partial charge in [0.15, 0.2) is 0 Å². The average Bonchev–Trinajstić information content (AvgIpc) is 2.38. The van der Waals surface area contributed by atoms with Gasteiger partial charge in [-0.05, 0) is 43.4 Å². The number of nitrogens with zero attached hydrogens (tertiary/aromatic N) is 1. The first-order chi connectivity index (χ1) is 8.65. The molecule has 0 amide bonds. The van der Waals surface area contributed by atoms with Crippen molar-refractivity contribution in [2.45, 2.75) is 26.7 Å². The number of hydrazine groups is 1. The number of rotatable bonds is 4. The summed E-state index contributed by atoms with van der Waals surface area (Å²) in [5.74, 6) is 6.73. The molecule has 0 aromatic carbocycles. The fourth-order valence-electron chi connectivity index (χ4n) is 2.11. The molecule has 0 saturated carbocycles. The van der Waals surface area contributed by atoms with E-state index in [0.717, 1.165) is 31.6 Å². The number of nitrogens with two attached hydrogens (primary N) is 1. The lowest BCUT2D eigenvalue weighted by molar-refractivity contribution is 0.368. The number of hydrogen-bond acceptors (Lipinski definition) is 3. The van der Waals surface area contributed by atoms with Crippen LogP contribution in [0.5, 0.6) is 0 Å². The molecule has 1 unspecified atom stereocenters. The Balaban J connectivity index is 1.82. The Labute approximate surface area is 110 Å². The second-order valence-electron chi connectivity index (χ2n) is 5.17.